The molecule has 2 aromatic carbocycles. The Balaban J connectivity index is 2.32. The fourth-order valence-electron chi connectivity index (χ4n) is 1.72. The van der Waals surface area contributed by atoms with Crippen molar-refractivity contribution in [2.24, 2.45) is 0 Å². The van der Waals surface area contributed by atoms with E-state index in [1.165, 1.54) is 0 Å². The molecule has 0 amide bonds. The van der Waals surface area contributed by atoms with Gasteiger partial charge >= 0.3 is 5.97 Å². The van der Waals surface area contributed by atoms with Crippen LogP contribution in [0, 0.1) is 0 Å². The summed E-state index contributed by atoms with van der Waals surface area (Å²) in [4.78, 5) is 11.4. The second kappa shape index (κ2) is 6.48. The molecule has 2 aromatic rings. The van der Waals surface area contributed by atoms with E-state index in [4.69, 9.17) is 23.2 Å². The smallest absolute Gasteiger partial charge is 0.330 e. The maximum Gasteiger partial charge on any atom is 0.330 e. The number of hydrogen-bond acceptors (Lipinski definition) is 2. The fraction of sp³-hybridized carbons (Fsp3) is 0.0714. The zero-order chi connectivity index (χ0) is 14.7. The molecule has 2 N–H and O–H groups in total. The first-order valence-corrected chi connectivity index (χ1v) is 7.22. The van der Waals surface area contributed by atoms with E-state index in [0.29, 0.717) is 21.3 Å². The molecule has 0 saturated heterocycles. The van der Waals surface area contributed by atoms with Crippen LogP contribution in [0.1, 0.15) is 11.6 Å². The molecule has 0 fully saturated rings. The van der Waals surface area contributed by atoms with Gasteiger partial charge in [0, 0.05) is 10.2 Å². The van der Waals surface area contributed by atoms with Crippen molar-refractivity contribution < 1.29 is 9.90 Å². The minimum absolute atomic E-state index is 0.325. The number of nitrogens with one attached hydrogen (secondary N) is 1. The quantitative estimate of drug-likeness (QED) is 0.792. The van der Waals surface area contributed by atoms with Gasteiger partial charge in [-0.25, -0.2) is 4.79 Å². The standard InChI is InChI=1S/C14H10BrCl2NO2/c15-9-2-1-3-10(7-9)18-13(14(19)20)8-4-5-11(16)12(17)6-8/h1-7,13,18H,(H,19,20). The molecule has 3 nitrogen and oxygen atoms in total. The first-order valence-electron chi connectivity index (χ1n) is 5.67. The Kier molecular flexibility index (Phi) is 4.91. The van der Waals surface area contributed by atoms with Crippen LogP contribution in [-0.2, 0) is 4.79 Å². The lowest BCUT2D eigenvalue weighted by Crippen LogP contribution is -2.20. The Morgan fingerprint density at radius 2 is 1.90 bits per heavy atom. The van der Waals surface area contributed by atoms with Crippen molar-refractivity contribution in [1.29, 1.82) is 0 Å². The predicted molar refractivity (Wildman–Crippen MR) is 84.6 cm³/mol. The van der Waals surface area contributed by atoms with Crippen LogP contribution in [0.5, 0.6) is 0 Å². The first-order chi connectivity index (χ1) is 9.47. The zero-order valence-corrected chi connectivity index (χ0v) is 13.2. The number of carboxylic acids is 1. The van der Waals surface area contributed by atoms with Crippen LogP contribution in [0.3, 0.4) is 0 Å². The van der Waals surface area contributed by atoms with Gasteiger partial charge in [0.25, 0.3) is 0 Å². The number of carboxylic acid groups (broad SMARTS) is 1. The zero-order valence-electron chi connectivity index (χ0n) is 10.1. The molecular formula is C14H10BrCl2NO2. The molecule has 104 valence electrons. The summed E-state index contributed by atoms with van der Waals surface area (Å²) in [5, 5.41) is 13.0. The molecule has 0 bridgehead atoms. The van der Waals surface area contributed by atoms with Crippen molar-refractivity contribution in [2.45, 2.75) is 6.04 Å². The summed E-state index contributed by atoms with van der Waals surface area (Å²) in [5.74, 6) is -0.997. The van der Waals surface area contributed by atoms with Crippen LogP contribution in [0.2, 0.25) is 10.0 Å². The molecular weight excluding hydrogens is 365 g/mol. The maximum atomic E-state index is 11.4. The van der Waals surface area contributed by atoms with Crippen LogP contribution in [0.4, 0.5) is 5.69 Å². The highest BCUT2D eigenvalue weighted by Gasteiger charge is 2.20. The summed E-state index contributed by atoms with van der Waals surface area (Å²) in [5.41, 5.74) is 1.23. The topological polar surface area (TPSA) is 49.3 Å². The average molecular weight is 375 g/mol. The molecule has 1 atom stereocenters. The Morgan fingerprint density at radius 1 is 1.15 bits per heavy atom. The molecule has 0 radical (unpaired) electrons. The SMILES string of the molecule is O=C(O)C(Nc1cccc(Br)c1)c1ccc(Cl)c(Cl)c1. The van der Waals surface area contributed by atoms with Gasteiger partial charge in [0.1, 0.15) is 0 Å². The van der Waals surface area contributed by atoms with Crippen molar-refractivity contribution in [3.05, 3.63) is 62.5 Å². The monoisotopic (exact) mass is 373 g/mol. The van der Waals surface area contributed by atoms with Gasteiger partial charge in [0.2, 0.25) is 0 Å². The molecule has 0 saturated carbocycles. The summed E-state index contributed by atoms with van der Waals surface area (Å²) in [6, 6.07) is 11.1. The van der Waals surface area contributed by atoms with E-state index in [-0.39, 0.29) is 0 Å². The number of anilines is 1. The second-order valence-electron chi connectivity index (χ2n) is 4.10. The molecule has 2 rings (SSSR count). The van der Waals surface area contributed by atoms with Gasteiger partial charge in [0.15, 0.2) is 6.04 Å². The van der Waals surface area contributed by atoms with Crippen molar-refractivity contribution in [3.8, 4) is 0 Å². The van der Waals surface area contributed by atoms with E-state index in [2.05, 4.69) is 21.2 Å². The Bertz CT molecular complexity index is 649. The number of rotatable bonds is 4. The van der Waals surface area contributed by atoms with Gasteiger partial charge in [-0.15, -0.1) is 0 Å². The van der Waals surface area contributed by atoms with E-state index >= 15 is 0 Å². The molecule has 6 heteroatoms. The van der Waals surface area contributed by atoms with Crippen LogP contribution < -0.4 is 5.32 Å². The van der Waals surface area contributed by atoms with Crippen molar-refractivity contribution in [1.82, 2.24) is 0 Å². The van der Waals surface area contributed by atoms with Crippen LogP contribution in [0.25, 0.3) is 0 Å². The van der Waals surface area contributed by atoms with Crippen molar-refractivity contribution in [3.63, 3.8) is 0 Å². The van der Waals surface area contributed by atoms with Gasteiger partial charge in [-0.1, -0.05) is 51.3 Å². The summed E-state index contributed by atoms with van der Waals surface area (Å²) < 4.78 is 0.862. The molecule has 0 aromatic heterocycles. The summed E-state index contributed by atoms with van der Waals surface area (Å²) in [6.45, 7) is 0. The Hall–Kier alpha value is -1.23. The highest BCUT2D eigenvalue weighted by atomic mass is 79.9. The lowest BCUT2D eigenvalue weighted by molar-refractivity contribution is -0.138. The summed E-state index contributed by atoms with van der Waals surface area (Å²) in [6.07, 6.45) is 0. The number of halogens is 3. The second-order valence-corrected chi connectivity index (χ2v) is 5.83. The number of hydrogen-bond donors (Lipinski definition) is 2. The molecule has 0 aliphatic heterocycles. The van der Waals surface area contributed by atoms with Crippen LogP contribution in [0.15, 0.2) is 46.9 Å². The lowest BCUT2D eigenvalue weighted by Gasteiger charge is -2.17. The first kappa shape index (κ1) is 15.2. The van der Waals surface area contributed by atoms with E-state index in [0.717, 1.165) is 4.47 Å². The molecule has 0 spiro atoms. The third-order valence-electron chi connectivity index (χ3n) is 2.66. The Morgan fingerprint density at radius 3 is 2.50 bits per heavy atom. The molecule has 20 heavy (non-hydrogen) atoms. The minimum Gasteiger partial charge on any atom is -0.479 e. The van der Waals surface area contributed by atoms with Crippen LogP contribution in [-0.4, -0.2) is 11.1 Å². The van der Waals surface area contributed by atoms with Crippen molar-refractivity contribution in [2.75, 3.05) is 5.32 Å². The summed E-state index contributed by atoms with van der Waals surface area (Å²) in [7, 11) is 0. The van der Waals surface area contributed by atoms with E-state index < -0.39 is 12.0 Å². The third-order valence-corrected chi connectivity index (χ3v) is 3.89. The molecule has 0 aliphatic carbocycles. The van der Waals surface area contributed by atoms with Crippen LogP contribution >= 0.6 is 39.1 Å². The predicted octanol–water partition coefficient (Wildman–Crippen LogP) is 4.99. The molecule has 0 heterocycles. The van der Waals surface area contributed by atoms with E-state index in [1.807, 2.05) is 12.1 Å². The van der Waals surface area contributed by atoms with Crippen molar-refractivity contribution >= 4 is 50.8 Å². The number of carbonyl (C=O) groups is 1. The molecule has 0 aliphatic rings. The summed E-state index contributed by atoms with van der Waals surface area (Å²) >= 11 is 15.1. The van der Waals surface area contributed by atoms with E-state index in [1.54, 1.807) is 30.3 Å². The van der Waals surface area contributed by atoms with Gasteiger partial charge < -0.3 is 10.4 Å². The van der Waals surface area contributed by atoms with Gasteiger partial charge in [0.05, 0.1) is 10.0 Å². The highest BCUT2D eigenvalue weighted by Crippen LogP contribution is 2.28. The van der Waals surface area contributed by atoms with Gasteiger partial charge in [-0.2, -0.15) is 0 Å². The minimum atomic E-state index is -0.997. The number of aliphatic carboxylic acids is 1. The third kappa shape index (κ3) is 3.66. The van der Waals surface area contributed by atoms with Gasteiger partial charge in [-0.05, 0) is 35.9 Å². The largest absolute Gasteiger partial charge is 0.479 e. The highest BCUT2D eigenvalue weighted by molar-refractivity contribution is 9.10. The number of benzene rings is 2. The molecule has 1 unspecified atom stereocenters. The normalized spacial score (nSPS) is 11.9. The lowest BCUT2D eigenvalue weighted by atomic mass is 10.1. The van der Waals surface area contributed by atoms with Gasteiger partial charge in [-0.3, -0.25) is 0 Å². The van der Waals surface area contributed by atoms with E-state index in [9.17, 15) is 9.90 Å². The maximum absolute atomic E-state index is 11.4. The Labute approximate surface area is 134 Å². The fourth-order valence-corrected chi connectivity index (χ4v) is 2.43. The average Bonchev–Trinajstić information content (AvgIpc) is 2.39.